The summed E-state index contributed by atoms with van der Waals surface area (Å²) < 4.78 is 12.9. The van der Waals surface area contributed by atoms with Crippen LogP contribution in [0.15, 0.2) is 47.1 Å². The molecule has 148 valence electrons. The minimum atomic E-state index is 0.272. The van der Waals surface area contributed by atoms with Crippen molar-refractivity contribution in [2.75, 3.05) is 19.0 Å². The number of hydrogen-bond donors (Lipinski definition) is 2. The zero-order valence-electron chi connectivity index (χ0n) is 16.5. The Morgan fingerprint density at radius 2 is 2.00 bits per heavy atom. The lowest BCUT2D eigenvalue weighted by molar-refractivity contribution is 0.381. The molecule has 3 N–H and O–H groups in total. The average Bonchev–Trinajstić information content (AvgIpc) is 2.69. The van der Waals surface area contributed by atoms with E-state index in [2.05, 4.69) is 40.1 Å². The van der Waals surface area contributed by atoms with Gasteiger partial charge in [0.2, 0.25) is 0 Å². The van der Waals surface area contributed by atoms with Crippen LogP contribution in [0, 0.1) is 6.92 Å². The number of aromatic nitrogens is 1. The van der Waals surface area contributed by atoms with Crippen LogP contribution in [-0.4, -0.2) is 24.7 Å². The number of para-hydroxylation sites is 1. The summed E-state index contributed by atoms with van der Waals surface area (Å²) in [5.41, 5.74) is 8.52. The number of methoxy groups -OCH3 is 1. The fraction of sp³-hybridized carbons (Fsp3) is 0.318. The standard InChI is InChI=1S/C22H26BrN3O2/c1-14-10-12-25-21-17(26-15(2)7-6-11-24)13-19(27-3)22(20(14)21)28-18-9-5-4-8-16(18)23/h4-5,8-10,12-13,15,26H,6-7,11,24H2,1-3H3. The Balaban J connectivity index is 2.11. The van der Waals surface area contributed by atoms with Crippen molar-refractivity contribution in [3.05, 3.63) is 52.6 Å². The first kappa shape index (κ1) is 20.4. The summed E-state index contributed by atoms with van der Waals surface area (Å²) in [6.45, 7) is 4.89. The molecule has 0 spiro atoms. The molecule has 1 heterocycles. The van der Waals surface area contributed by atoms with Crippen molar-refractivity contribution in [2.45, 2.75) is 32.7 Å². The highest BCUT2D eigenvalue weighted by atomic mass is 79.9. The van der Waals surface area contributed by atoms with Gasteiger partial charge in [0.05, 0.1) is 28.2 Å². The summed E-state index contributed by atoms with van der Waals surface area (Å²) in [6.07, 6.45) is 3.78. The third kappa shape index (κ3) is 4.39. The lowest BCUT2D eigenvalue weighted by atomic mass is 10.1. The van der Waals surface area contributed by atoms with Crippen molar-refractivity contribution in [3.63, 3.8) is 0 Å². The Kier molecular flexibility index (Phi) is 6.75. The molecule has 3 rings (SSSR count). The fourth-order valence-corrected chi connectivity index (χ4v) is 3.57. The molecular formula is C22H26BrN3O2. The summed E-state index contributed by atoms with van der Waals surface area (Å²) in [5.74, 6) is 2.05. The number of anilines is 1. The van der Waals surface area contributed by atoms with Crippen molar-refractivity contribution in [2.24, 2.45) is 5.73 Å². The van der Waals surface area contributed by atoms with E-state index in [1.54, 1.807) is 7.11 Å². The Morgan fingerprint density at radius 3 is 2.71 bits per heavy atom. The second-order valence-electron chi connectivity index (χ2n) is 6.82. The van der Waals surface area contributed by atoms with Crippen LogP contribution in [0.3, 0.4) is 0 Å². The van der Waals surface area contributed by atoms with E-state index >= 15 is 0 Å². The van der Waals surface area contributed by atoms with Gasteiger partial charge in [0.15, 0.2) is 11.5 Å². The molecule has 0 bridgehead atoms. The number of benzene rings is 2. The molecule has 28 heavy (non-hydrogen) atoms. The third-order valence-corrected chi connectivity index (χ3v) is 5.31. The number of ether oxygens (including phenoxy) is 2. The Hall–Kier alpha value is -2.31. The molecule has 2 aromatic carbocycles. The Morgan fingerprint density at radius 1 is 1.21 bits per heavy atom. The molecule has 1 atom stereocenters. The van der Waals surface area contributed by atoms with E-state index < -0.39 is 0 Å². The zero-order chi connectivity index (χ0) is 20.1. The molecule has 0 saturated heterocycles. The van der Waals surface area contributed by atoms with Gasteiger partial charge in [-0.15, -0.1) is 0 Å². The number of hydrogen-bond acceptors (Lipinski definition) is 5. The van der Waals surface area contributed by atoms with Gasteiger partial charge in [0.25, 0.3) is 0 Å². The molecular weight excluding hydrogens is 418 g/mol. The third-order valence-electron chi connectivity index (χ3n) is 4.65. The molecule has 1 unspecified atom stereocenters. The van der Waals surface area contributed by atoms with E-state index in [0.29, 0.717) is 18.0 Å². The molecule has 0 fully saturated rings. The first-order chi connectivity index (χ1) is 13.5. The predicted octanol–water partition coefficient (Wildman–Crippen LogP) is 5.65. The van der Waals surface area contributed by atoms with E-state index in [4.69, 9.17) is 15.2 Å². The summed E-state index contributed by atoms with van der Waals surface area (Å²) in [5, 5.41) is 4.50. The maximum absolute atomic E-state index is 6.29. The molecule has 0 saturated carbocycles. The molecule has 0 amide bonds. The molecule has 3 aromatic rings. The van der Waals surface area contributed by atoms with Crippen LogP contribution in [0.1, 0.15) is 25.3 Å². The second-order valence-corrected chi connectivity index (χ2v) is 7.67. The minimum Gasteiger partial charge on any atom is -0.493 e. The number of nitrogens with one attached hydrogen (secondary N) is 1. The Bertz CT molecular complexity index is 962. The Labute approximate surface area is 174 Å². The van der Waals surface area contributed by atoms with Crippen molar-refractivity contribution < 1.29 is 9.47 Å². The molecule has 0 radical (unpaired) electrons. The van der Waals surface area contributed by atoms with Crippen LogP contribution >= 0.6 is 15.9 Å². The number of nitrogens with two attached hydrogens (primary N) is 1. The molecule has 1 aromatic heterocycles. The van der Waals surface area contributed by atoms with Gasteiger partial charge < -0.3 is 20.5 Å². The first-order valence-electron chi connectivity index (χ1n) is 9.40. The maximum atomic E-state index is 6.29. The summed E-state index contributed by atoms with van der Waals surface area (Å²) in [7, 11) is 1.65. The van der Waals surface area contributed by atoms with Gasteiger partial charge in [0.1, 0.15) is 5.75 Å². The van der Waals surface area contributed by atoms with E-state index in [0.717, 1.165) is 45.2 Å². The molecule has 0 aliphatic carbocycles. The van der Waals surface area contributed by atoms with Gasteiger partial charge in [-0.1, -0.05) is 12.1 Å². The number of aryl methyl sites for hydroxylation is 1. The number of halogens is 1. The van der Waals surface area contributed by atoms with Crippen molar-refractivity contribution in [3.8, 4) is 17.2 Å². The lowest BCUT2D eigenvalue weighted by Crippen LogP contribution is -2.17. The van der Waals surface area contributed by atoms with Crippen LogP contribution in [0.4, 0.5) is 5.69 Å². The molecule has 0 aliphatic heterocycles. The van der Waals surface area contributed by atoms with Gasteiger partial charge in [-0.2, -0.15) is 0 Å². The monoisotopic (exact) mass is 443 g/mol. The van der Waals surface area contributed by atoms with Gasteiger partial charge in [0, 0.05) is 18.3 Å². The topological polar surface area (TPSA) is 69.4 Å². The normalized spacial score (nSPS) is 12.0. The highest BCUT2D eigenvalue weighted by Gasteiger charge is 2.19. The number of fused-ring (bicyclic) bond motifs is 1. The first-order valence-corrected chi connectivity index (χ1v) is 10.2. The lowest BCUT2D eigenvalue weighted by Gasteiger charge is -2.21. The minimum absolute atomic E-state index is 0.272. The highest BCUT2D eigenvalue weighted by Crippen LogP contribution is 2.44. The number of pyridine rings is 1. The van der Waals surface area contributed by atoms with Crippen LogP contribution in [0.25, 0.3) is 10.9 Å². The van der Waals surface area contributed by atoms with Gasteiger partial charge in [-0.05, 0) is 72.9 Å². The number of rotatable bonds is 8. The van der Waals surface area contributed by atoms with Crippen LogP contribution in [-0.2, 0) is 0 Å². The van der Waals surface area contributed by atoms with Crippen molar-refractivity contribution >= 4 is 32.5 Å². The summed E-state index contributed by atoms with van der Waals surface area (Å²) in [6, 6.07) is 12.0. The van der Waals surface area contributed by atoms with Gasteiger partial charge in [-0.3, -0.25) is 4.98 Å². The van der Waals surface area contributed by atoms with Crippen molar-refractivity contribution in [1.82, 2.24) is 4.98 Å². The largest absolute Gasteiger partial charge is 0.493 e. The highest BCUT2D eigenvalue weighted by molar-refractivity contribution is 9.10. The predicted molar refractivity (Wildman–Crippen MR) is 119 cm³/mol. The fourth-order valence-electron chi connectivity index (χ4n) is 3.20. The maximum Gasteiger partial charge on any atom is 0.179 e. The van der Waals surface area contributed by atoms with E-state index in [1.807, 2.05) is 42.6 Å². The molecule has 0 aliphatic rings. The summed E-state index contributed by atoms with van der Waals surface area (Å²) >= 11 is 3.55. The van der Waals surface area contributed by atoms with Gasteiger partial charge in [-0.25, -0.2) is 0 Å². The van der Waals surface area contributed by atoms with E-state index in [-0.39, 0.29) is 6.04 Å². The van der Waals surface area contributed by atoms with E-state index in [1.165, 1.54) is 0 Å². The van der Waals surface area contributed by atoms with Crippen LogP contribution in [0.5, 0.6) is 17.2 Å². The van der Waals surface area contributed by atoms with Crippen molar-refractivity contribution in [1.29, 1.82) is 0 Å². The average molecular weight is 444 g/mol. The number of nitrogens with zero attached hydrogens (tertiary/aromatic N) is 1. The van der Waals surface area contributed by atoms with Crippen LogP contribution in [0.2, 0.25) is 0 Å². The van der Waals surface area contributed by atoms with Crippen LogP contribution < -0.4 is 20.5 Å². The smallest absolute Gasteiger partial charge is 0.179 e. The zero-order valence-corrected chi connectivity index (χ0v) is 18.0. The SMILES string of the molecule is COc1cc(NC(C)CCCN)c2nccc(C)c2c1Oc1ccccc1Br. The second kappa shape index (κ2) is 9.26. The molecule has 5 nitrogen and oxygen atoms in total. The molecule has 6 heteroatoms. The van der Waals surface area contributed by atoms with E-state index in [9.17, 15) is 0 Å². The summed E-state index contributed by atoms with van der Waals surface area (Å²) in [4.78, 5) is 4.64. The quantitative estimate of drug-likeness (QED) is 0.470. The van der Waals surface area contributed by atoms with Gasteiger partial charge >= 0.3 is 0 Å².